The fraction of sp³-hybridized carbons (Fsp3) is 0.643. The van der Waals surface area contributed by atoms with Crippen LogP contribution < -0.4 is 5.73 Å². The lowest BCUT2D eigenvalue weighted by Gasteiger charge is -2.09. The van der Waals surface area contributed by atoms with Crippen molar-refractivity contribution >= 4 is 0 Å². The zero-order chi connectivity index (χ0) is 12.1. The third kappa shape index (κ3) is 3.43. The summed E-state index contributed by atoms with van der Waals surface area (Å²) in [5, 5.41) is 0. The highest BCUT2D eigenvalue weighted by Crippen LogP contribution is 2.20. The Morgan fingerprint density at radius 2 is 2.35 bits per heavy atom. The van der Waals surface area contributed by atoms with E-state index in [1.54, 1.807) is 0 Å². The van der Waals surface area contributed by atoms with E-state index in [2.05, 4.69) is 28.7 Å². The summed E-state index contributed by atoms with van der Waals surface area (Å²) in [7, 11) is 0. The largest absolute Gasteiger partial charge is 0.335 e. The Labute approximate surface area is 104 Å². The Morgan fingerprint density at radius 3 is 3.18 bits per heavy atom. The topological polar surface area (TPSA) is 43.8 Å². The SMILES string of the molecule is CCCn1ccnc1CC1=CC(N)CCCC1. The van der Waals surface area contributed by atoms with Gasteiger partial charge in [-0.15, -0.1) is 0 Å². The number of hydrogen-bond acceptors (Lipinski definition) is 2. The number of aryl methyl sites for hydroxylation is 1. The average molecular weight is 233 g/mol. The van der Waals surface area contributed by atoms with Crippen LogP contribution in [0.2, 0.25) is 0 Å². The second-order valence-electron chi connectivity index (χ2n) is 4.95. The Morgan fingerprint density at radius 1 is 1.47 bits per heavy atom. The zero-order valence-corrected chi connectivity index (χ0v) is 10.7. The normalized spacial score (nSPS) is 21.1. The third-order valence-corrected chi connectivity index (χ3v) is 3.39. The predicted molar refractivity (Wildman–Crippen MR) is 70.7 cm³/mol. The molecule has 0 saturated carbocycles. The van der Waals surface area contributed by atoms with Crippen LogP contribution in [0.3, 0.4) is 0 Å². The standard InChI is InChI=1S/C14H23N3/c1-2-8-17-9-7-16-14(17)11-12-5-3-4-6-13(15)10-12/h7,9-10,13H,2-6,8,11,15H2,1H3. The highest BCUT2D eigenvalue weighted by atomic mass is 15.1. The van der Waals surface area contributed by atoms with Gasteiger partial charge in [0.1, 0.15) is 5.82 Å². The van der Waals surface area contributed by atoms with Crippen LogP contribution in [0.25, 0.3) is 0 Å². The van der Waals surface area contributed by atoms with Gasteiger partial charge >= 0.3 is 0 Å². The molecule has 0 amide bonds. The molecule has 0 radical (unpaired) electrons. The molecule has 0 fully saturated rings. The quantitative estimate of drug-likeness (QED) is 0.813. The molecule has 1 aliphatic carbocycles. The van der Waals surface area contributed by atoms with E-state index in [1.165, 1.54) is 30.7 Å². The molecule has 1 unspecified atom stereocenters. The molecule has 2 rings (SSSR count). The number of hydrogen-bond donors (Lipinski definition) is 1. The summed E-state index contributed by atoms with van der Waals surface area (Å²) >= 11 is 0. The second kappa shape index (κ2) is 6.01. The van der Waals surface area contributed by atoms with Gasteiger partial charge in [0.2, 0.25) is 0 Å². The Kier molecular flexibility index (Phi) is 4.37. The van der Waals surface area contributed by atoms with Crippen molar-refractivity contribution in [3.8, 4) is 0 Å². The molecule has 3 nitrogen and oxygen atoms in total. The number of aromatic nitrogens is 2. The van der Waals surface area contributed by atoms with E-state index >= 15 is 0 Å². The van der Waals surface area contributed by atoms with Gasteiger partial charge in [-0.25, -0.2) is 4.98 Å². The van der Waals surface area contributed by atoms with Gasteiger partial charge in [-0.2, -0.15) is 0 Å². The number of rotatable bonds is 4. The smallest absolute Gasteiger partial charge is 0.112 e. The van der Waals surface area contributed by atoms with E-state index < -0.39 is 0 Å². The van der Waals surface area contributed by atoms with Crippen LogP contribution >= 0.6 is 0 Å². The molecule has 1 aliphatic rings. The number of nitrogens with zero attached hydrogens (tertiary/aromatic N) is 2. The summed E-state index contributed by atoms with van der Waals surface area (Å²) in [5.41, 5.74) is 7.52. The molecule has 1 aromatic heterocycles. The number of nitrogens with two attached hydrogens (primary N) is 1. The first-order valence-corrected chi connectivity index (χ1v) is 6.74. The third-order valence-electron chi connectivity index (χ3n) is 3.39. The zero-order valence-electron chi connectivity index (χ0n) is 10.7. The minimum absolute atomic E-state index is 0.252. The summed E-state index contributed by atoms with van der Waals surface area (Å²) in [6, 6.07) is 0.252. The van der Waals surface area contributed by atoms with E-state index in [1.807, 2.05) is 6.20 Å². The Hall–Kier alpha value is -1.09. The summed E-state index contributed by atoms with van der Waals surface area (Å²) in [6.07, 6.45) is 13.2. The summed E-state index contributed by atoms with van der Waals surface area (Å²) < 4.78 is 2.26. The minimum atomic E-state index is 0.252. The molecule has 1 heterocycles. The van der Waals surface area contributed by atoms with Crippen LogP contribution in [0.5, 0.6) is 0 Å². The molecular weight excluding hydrogens is 210 g/mol. The minimum Gasteiger partial charge on any atom is -0.335 e. The van der Waals surface area contributed by atoms with Gasteiger partial charge in [0.15, 0.2) is 0 Å². The van der Waals surface area contributed by atoms with Crippen LogP contribution in [0.15, 0.2) is 24.0 Å². The van der Waals surface area contributed by atoms with E-state index in [4.69, 9.17) is 5.73 Å². The molecule has 0 bridgehead atoms. The molecule has 1 atom stereocenters. The molecule has 17 heavy (non-hydrogen) atoms. The van der Waals surface area contributed by atoms with Crippen LogP contribution in [0, 0.1) is 0 Å². The van der Waals surface area contributed by atoms with Crippen molar-refractivity contribution in [2.24, 2.45) is 5.73 Å². The first kappa shape index (κ1) is 12.4. The van der Waals surface area contributed by atoms with E-state index in [0.717, 1.165) is 25.8 Å². The van der Waals surface area contributed by atoms with Crippen molar-refractivity contribution in [1.82, 2.24) is 9.55 Å². The van der Waals surface area contributed by atoms with Crippen molar-refractivity contribution in [2.45, 2.75) is 58.0 Å². The fourth-order valence-electron chi connectivity index (χ4n) is 2.50. The van der Waals surface area contributed by atoms with Gasteiger partial charge in [0.25, 0.3) is 0 Å². The highest BCUT2D eigenvalue weighted by Gasteiger charge is 2.11. The van der Waals surface area contributed by atoms with Gasteiger partial charge in [-0.1, -0.05) is 25.0 Å². The van der Waals surface area contributed by atoms with Crippen LogP contribution in [0.1, 0.15) is 44.9 Å². The monoisotopic (exact) mass is 233 g/mol. The van der Waals surface area contributed by atoms with Crippen molar-refractivity contribution in [3.63, 3.8) is 0 Å². The maximum absolute atomic E-state index is 6.05. The Balaban J connectivity index is 2.05. The summed E-state index contributed by atoms with van der Waals surface area (Å²) in [5.74, 6) is 1.19. The van der Waals surface area contributed by atoms with Crippen molar-refractivity contribution in [1.29, 1.82) is 0 Å². The average Bonchev–Trinajstić information content (AvgIpc) is 2.61. The van der Waals surface area contributed by atoms with Gasteiger partial charge in [0.05, 0.1) is 0 Å². The summed E-state index contributed by atoms with van der Waals surface area (Å²) in [4.78, 5) is 4.47. The van der Waals surface area contributed by atoms with Crippen LogP contribution in [-0.2, 0) is 13.0 Å². The fourth-order valence-corrected chi connectivity index (χ4v) is 2.50. The number of imidazole rings is 1. The lowest BCUT2D eigenvalue weighted by molar-refractivity contribution is 0.636. The van der Waals surface area contributed by atoms with Gasteiger partial charge in [-0.05, 0) is 25.7 Å². The van der Waals surface area contributed by atoms with E-state index in [0.29, 0.717) is 0 Å². The molecule has 0 aromatic carbocycles. The van der Waals surface area contributed by atoms with Gasteiger partial charge < -0.3 is 10.3 Å². The lowest BCUT2D eigenvalue weighted by Crippen LogP contribution is -2.16. The maximum atomic E-state index is 6.05. The number of allylic oxidation sites excluding steroid dienone is 1. The van der Waals surface area contributed by atoms with Crippen LogP contribution in [-0.4, -0.2) is 15.6 Å². The molecular formula is C14H23N3. The molecule has 0 saturated heterocycles. The van der Waals surface area contributed by atoms with Crippen molar-refractivity contribution < 1.29 is 0 Å². The molecule has 3 heteroatoms. The second-order valence-corrected chi connectivity index (χ2v) is 4.95. The van der Waals surface area contributed by atoms with E-state index in [-0.39, 0.29) is 6.04 Å². The maximum Gasteiger partial charge on any atom is 0.112 e. The van der Waals surface area contributed by atoms with E-state index in [9.17, 15) is 0 Å². The molecule has 0 aliphatic heterocycles. The summed E-state index contributed by atoms with van der Waals surface area (Å²) in [6.45, 7) is 3.26. The highest BCUT2D eigenvalue weighted by molar-refractivity contribution is 5.14. The van der Waals surface area contributed by atoms with Gasteiger partial charge in [0, 0.05) is 31.4 Å². The lowest BCUT2D eigenvalue weighted by atomic mass is 10.1. The van der Waals surface area contributed by atoms with Crippen LogP contribution in [0.4, 0.5) is 0 Å². The molecule has 94 valence electrons. The predicted octanol–water partition coefficient (Wildman–Crippen LogP) is 2.66. The molecule has 1 aromatic rings. The first-order chi connectivity index (χ1) is 8.29. The van der Waals surface area contributed by atoms with Gasteiger partial charge in [-0.3, -0.25) is 0 Å². The molecule has 2 N–H and O–H groups in total. The Bertz CT molecular complexity index is 379. The molecule has 0 spiro atoms. The first-order valence-electron chi connectivity index (χ1n) is 6.74. The van der Waals surface area contributed by atoms with Crippen molar-refractivity contribution in [3.05, 3.63) is 29.9 Å². The van der Waals surface area contributed by atoms with Crippen molar-refractivity contribution in [2.75, 3.05) is 0 Å².